The van der Waals surface area contributed by atoms with Crippen LogP contribution in [0, 0.1) is 5.92 Å². The maximum Gasteiger partial charge on any atom is 0.326 e. The van der Waals surface area contributed by atoms with Gasteiger partial charge in [0.15, 0.2) is 0 Å². The number of aliphatic carboxylic acids is 1. The van der Waals surface area contributed by atoms with Crippen LogP contribution in [-0.2, 0) is 4.79 Å². The first-order valence-corrected chi connectivity index (χ1v) is 7.58. The second-order valence-corrected chi connectivity index (χ2v) is 6.08. The molecule has 1 aliphatic carbocycles. The maximum absolute atomic E-state index is 12.1. The summed E-state index contributed by atoms with van der Waals surface area (Å²) in [6.45, 7) is 3.52. The molecule has 0 aliphatic heterocycles. The van der Waals surface area contributed by atoms with Gasteiger partial charge >= 0.3 is 5.97 Å². The molecule has 0 unspecified atom stereocenters. The minimum atomic E-state index is -1.03. The fourth-order valence-electron chi connectivity index (χ4n) is 2.80. The van der Waals surface area contributed by atoms with Gasteiger partial charge in [-0.1, -0.05) is 33.1 Å². The van der Waals surface area contributed by atoms with Crippen molar-refractivity contribution in [2.75, 3.05) is 0 Å². The van der Waals surface area contributed by atoms with E-state index in [2.05, 4.69) is 15.5 Å². The molecule has 1 saturated carbocycles. The minimum Gasteiger partial charge on any atom is -0.480 e. The van der Waals surface area contributed by atoms with Crippen LogP contribution in [0.5, 0.6) is 0 Å². The number of carboxylic acid groups (broad SMARTS) is 1. The Balaban J connectivity index is 2.02. The smallest absolute Gasteiger partial charge is 0.326 e. The number of hydrogen-bond donors (Lipinski definition) is 3. The largest absolute Gasteiger partial charge is 0.480 e. The third kappa shape index (κ3) is 3.83. The van der Waals surface area contributed by atoms with Gasteiger partial charge < -0.3 is 10.4 Å². The highest BCUT2D eigenvalue weighted by Crippen LogP contribution is 2.31. The molecule has 6 heteroatoms. The van der Waals surface area contributed by atoms with E-state index in [0.717, 1.165) is 18.5 Å². The summed E-state index contributed by atoms with van der Waals surface area (Å²) in [5, 5.41) is 18.6. The molecule has 0 spiro atoms. The number of nitrogens with zero attached hydrogens (tertiary/aromatic N) is 1. The Morgan fingerprint density at radius 1 is 1.33 bits per heavy atom. The molecule has 1 fully saturated rings. The molecule has 6 nitrogen and oxygen atoms in total. The van der Waals surface area contributed by atoms with E-state index < -0.39 is 17.9 Å². The van der Waals surface area contributed by atoms with Crippen LogP contribution in [-0.4, -0.2) is 33.2 Å². The van der Waals surface area contributed by atoms with Crippen molar-refractivity contribution in [3.8, 4) is 0 Å². The number of carbonyl (C=O) groups is 2. The van der Waals surface area contributed by atoms with Crippen LogP contribution in [0.15, 0.2) is 6.07 Å². The molecular weight excluding hydrogens is 270 g/mol. The van der Waals surface area contributed by atoms with Gasteiger partial charge in [0.05, 0.1) is 0 Å². The Morgan fingerprint density at radius 3 is 2.57 bits per heavy atom. The van der Waals surface area contributed by atoms with Crippen LogP contribution in [0.3, 0.4) is 0 Å². The van der Waals surface area contributed by atoms with E-state index in [0.29, 0.717) is 5.92 Å². The standard InChI is InChI=1S/C15H23N3O3/c1-9(2)13(15(20)21)16-14(19)12-8-11(17-18-12)10-6-4-3-5-7-10/h8-10,13H,3-7H2,1-2H3,(H,16,19)(H,17,18)(H,20,21)/t13-/m0/s1. The molecule has 0 radical (unpaired) electrons. The number of carbonyl (C=O) groups excluding carboxylic acids is 1. The maximum atomic E-state index is 12.1. The average Bonchev–Trinajstić information content (AvgIpc) is 2.94. The van der Waals surface area contributed by atoms with E-state index in [1.807, 2.05) is 0 Å². The van der Waals surface area contributed by atoms with Crippen LogP contribution >= 0.6 is 0 Å². The lowest BCUT2D eigenvalue weighted by molar-refractivity contribution is -0.140. The molecule has 3 N–H and O–H groups in total. The van der Waals surface area contributed by atoms with Gasteiger partial charge in [0.1, 0.15) is 11.7 Å². The molecule has 1 atom stereocenters. The Kier molecular flexibility index (Phi) is 4.98. The molecule has 116 valence electrons. The predicted molar refractivity (Wildman–Crippen MR) is 78.1 cm³/mol. The van der Waals surface area contributed by atoms with E-state index in [1.54, 1.807) is 19.9 Å². The van der Waals surface area contributed by atoms with E-state index in [9.17, 15) is 9.59 Å². The summed E-state index contributed by atoms with van der Waals surface area (Å²) < 4.78 is 0. The highest BCUT2D eigenvalue weighted by atomic mass is 16.4. The van der Waals surface area contributed by atoms with E-state index in [-0.39, 0.29) is 11.6 Å². The SMILES string of the molecule is CC(C)[C@H](NC(=O)c1cc(C2CCCCC2)[nH]n1)C(=O)O. The lowest BCUT2D eigenvalue weighted by Crippen LogP contribution is -2.44. The number of hydrogen-bond acceptors (Lipinski definition) is 3. The summed E-state index contributed by atoms with van der Waals surface area (Å²) in [6.07, 6.45) is 5.92. The summed E-state index contributed by atoms with van der Waals surface area (Å²) in [4.78, 5) is 23.2. The van der Waals surface area contributed by atoms with Crippen LogP contribution in [0.2, 0.25) is 0 Å². The van der Waals surface area contributed by atoms with Gasteiger partial charge in [-0.15, -0.1) is 0 Å². The molecule has 1 aliphatic rings. The lowest BCUT2D eigenvalue weighted by Gasteiger charge is -2.19. The lowest BCUT2D eigenvalue weighted by atomic mass is 9.87. The van der Waals surface area contributed by atoms with E-state index in [4.69, 9.17) is 5.11 Å². The first-order chi connectivity index (χ1) is 9.99. The zero-order valence-electron chi connectivity index (χ0n) is 12.6. The summed E-state index contributed by atoms with van der Waals surface area (Å²) in [6, 6.07) is 0.859. The summed E-state index contributed by atoms with van der Waals surface area (Å²) in [5.41, 5.74) is 1.25. The molecule has 1 heterocycles. The quantitative estimate of drug-likeness (QED) is 0.776. The van der Waals surface area contributed by atoms with Crippen molar-refractivity contribution < 1.29 is 14.7 Å². The number of H-pyrrole nitrogens is 1. The molecule has 1 aromatic heterocycles. The number of carboxylic acids is 1. The van der Waals surface area contributed by atoms with Gasteiger partial charge in [-0.05, 0) is 24.8 Å². The average molecular weight is 293 g/mol. The molecular formula is C15H23N3O3. The van der Waals surface area contributed by atoms with Crippen molar-refractivity contribution in [1.29, 1.82) is 0 Å². The monoisotopic (exact) mass is 293 g/mol. The molecule has 21 heavy (non-hydrogen) atoms. The predicted octanol–water partition coefficient (Wildman–Crippen LogP) is 2.30. The number of rotatable bonds is 5. The Labute approximate surface area is 124 Å². The van der Waals surface area contributed by atoms with Gasteiger partial charge in [-0.3, -0.25) is 9.89 Å². The Bertz CT molecular complexity index is 504. The zero-order chi connectivity index (χ0) is 15.4. The number of nitrogens with one attached hydrogen (secondary N) is 2. The summed E-state index contributed by atoms with van der Waals surface area (Å²) in [5.74, 6) is -1.20. The molecule has 1 aromatic rings. The van der Waals surface area contributed by atoms with Gasteiger partial charge in [-0.2, -0.15) is 5.10 Å². The van der Waals surface area contributed by atoms with Crippen LogP contribution in [0.4, 0.5) is 0 Å². The number of aromatic amines is 1. The molecule has 2 rings (SSSR count). The Morgan fingerprint density at radius 2 is 2.00 bits per heavy atom. The van der Waals surface area contributed by atoms with Crippen molar-refractivity contribution >= 4 is 11.9 Å². The van der Waals surface area contributed by atoms with Crippen molar-refractivity contribution in [2.24, 2.45) is 5.92 Å². The third-order valence-corrected chi connectivity index (χ3v) is 4.09. The van der Waals surface area contributed by atoms with E-state index >= 15 is 0 Å². The second-order valence-electron chi connectivity index (χ2n) is 6.08. The number of aromatic nitrogens is 2. The molecule has 1 amide bonds. The Hall–Kier alpha value is -1.85. The van der Waals surface area contributed by atoms with Gasteiger partial charge in [0.25, 0.3) is 5.91 Å². The van der Waals surface area contributed by atoms with Crippen LogP contribution in [0.25, 0.3) is 0 Å². The summed E-state index contributed by atoms with van der Waals surface area (Å²) >= 11 is 0. The fourth-order valence-corrected chi connectivity index (χ4v) is 2.80. The topological polar surface area (TPSA) is 95.1 Å². The van der Waals surface area contributed by atoms with E-state index in [1.165, 1.54) is 19.3 Å². The number of amides is 1. The van der Waals surface area contributed by atoms with Crippen LogP contribution in [0.1, 0.15) is 68.1 Å². The van der Waals surface area contributed by atoms with Crippen molar-refractivity contribution in [2.45, 2.75) is 57.9 Å². The van der Waals surface area contributed by atoms with Gasteiger partial charge in [-0.25, -0.2) is 4.79 Å². The van der Waals surface area contributed by atoms with Crippen molar-refractivity contribution in [3.63, 3.8) is 0 Å². The third-order valence-electron chi connectivity index (χ3n) is 4.09. The summed E-state index contributed by atoms with van der Waals surface area (Å²) in [7, 11) is 0. The molecule has 0 saturated heterocycles. The van der Waals surface area contributed by atoms with Crippen LogP contribution < -0.4 is 5.32 Å². The molecule has 0 bridgehead atoms. The highest BCUT2D eigenvalue weighted by Gasteiger charge is 2.26. The van der Waals surface area contributed by atoms with Crippen molar-refractivity contribution in [1.82, 2.24) is 15.5 Å². The zero-order valence-corrected chi connectivity index (χ0v) is 12.6. The minimum absolute atomic E-state index is 0.178. The van der Waals surface area contributed by atoms with Gasteiger partial charge in [0.2, 0.25) is 0 Å². The molecule has 0 aromatic carbocycles. The first-order valence-electron chi connectivity index (χ1n) is 7.58. The highest BCUT2D eigenvalue weighted by molar-refractivity contribution is 5.95. The second kappa shape index (κ2) is 6.74. The van der Waals surface area contributed by atoms with Crippen molar-refractivity contribution in [3.05, 3.63) is 17.5 Å². The first kappa shape index (κ1) is 15.5. The van der Waals surface area contributed by atoms with Gasteiger partial charge in [0, 0.05) is 11.6 Å². The normalized spacial score (nSPS) is 17.7. The fraction of sp³-hybridized carbons (Fsp3) is 0.667.